The molecular weight excluding hydrogens is 209 g/mol. The van der Waals surface area contributed by atoms with Crippen LogP contribution in [0.5, 0.6) is 0 Å². The third kappa shape index (κ3) is 2.71. The second-order valence-electron chi connectivity index (χ2n) is 3.90. The lowest BCUT2D eigenvalue weighted by Crippen LogP contribution is -2.30. The Bertz CT molecular complexity index is 351. The molecule has 1 unspecified atom stereocenters. The number of rotatable bonds is 3. The average Bonchev–Trinajstić information content (AvgIpc) is 2.32. The first-order valence-electron chi connectivity index (χ1n) is 5.45. The molecule has 0 saturated carbocycles. The summed E-state index contributed by atoms with van der Waals surface area (Å²) in [6, 6.07) is 5.04. The molecule has 1 N–H and O–H groups in total. The van der Waals surface area contributed by atoms with Crippen molar-refractivity contribution in [1.82, 2.24) is 0 Å². The van der Waals surface area contributed by atoms with Crippen LogP contribution in [0.4, 0.5) is 10.1 Å². The molecule has 16 heavy (non-hydrogen) atoms. The molecule has 1 fully saturated rings. The van der Waals surface area contributed by atoms with Crippen LogP contribution >= 0.6 is 0 Å². The summed E-state index contributed by atoms with van der Waals surface area (Å²) >= 11 is 0. The van der Waals surface area contributed by atoms with Gasteiger partial charge < -0.3 is 14.8 Å². The Morgan fingerprint density at radius 3 is 3.12 bits per heavy atom. The SMILES string of the molecule is Cc1c(F)cccc1NCC1CCOCO1. The summed E-state index contributed by atoms with van der Waals surface area (Å²) in [4.78, 5) is 0. The number of benzene rings is 1. The molecule has 0 aromatic heterocycles. The summed E-state index contributed by atoms with van der Waals surface area (Å²) in [6.45, 7) is 3.54. The van der Waals surface area contributed by atoms with E-state index in [4.69, 9.17) is 9.47 Å². The predicted octanol–water partition coefficient (Wildman–Crippen LogP) is 2.31. The number of halogens is 1. The zero-order valence-electron chi connectivity index (χ0n) is 9.33. The second kappa shape index (κ2) is 5.27. The molecule has 0 aliphatic carbocycles. The van der Waals surface area contributed by atoms with Crippen LogP contribution < -0.4 is 5.32 Å². The third-order valence-electron chi connectivity index (χ3n) is 2.76. The molecule has 1 aliphatic rings. The van der Waals surface area contributed by atoms with Gasteiger partial charge in [0.15, 0.2) is 0 Å². The number of ether oxygens (including phenoxy) is 2. The molecule has 1 atom stereocenters. The van der Waals surface area contributed by atoms with Crippen molar-refractivity contribution in [2.45, 2.75) is 19.4 Å². The Balaban J connectivity index is 1.91. The quantitative estimate of drug-likeness (QED) is 0.856. The Morgan fingerprint density at radius 1 is 1.50 bits per heavy atom. The standard InChI is InChI=1S/C12H16FNO2/c1-9-11(13)3-2-4-12(9)14-7-10-5-6-15-8-16-10/h2-4,10,14H,5-8H2,1H3. The van der Waals surface area contributed by atoms with Gasteiger partial charge in [0.2, 0.25) is 0 Å². The maximum absolute atomic E-state index is 13.3. The molecule has 88 valence electrons. The minimum atomic E-state index is -0.183. The molecule has 0 bridgehead atoms. The summed E-state index contributed by atoms with van der Waals surface area (Å²) in [6.07, 6.45) is 1.03. The lowest BCUT2D eigenvalue weighted by Gasteiger charge is -2.23. The maximum Gasteiger partial charge on any atom is 0.147 e. The van der Waals surface area contributed by atoms with E-state index in [0.29, 0.717) is 18.9 Å². The van der Waals surface area contributed by atoms with Crippen LogP contribution in [0.1, 0.15) is 12.0 Å². The predicted molar refractivity (Wildman–Crippen MR) is 59.9 cm³/mol. The monoisotopic (exact) mass is 225 g/mol. The van der Waals surface area contributed by atoms with Crippen molar-refractivity contribution < 1.29 is 13.9 Å². The van der Waals surface area contributed by atoms with Crippen LogP contribution in [-0.4, -0.2) is 26.0 Å². The van der Waals surface area contributed by atoms with Gasteiger partial charge in [-0.25, -0.2) is 4.39 Å². The molecule has 4 heteroatoms. The molecular formula is C12H16FNO2. The van der Waals surface area contributed by atoms with E-state index in [2.05, 4.69) is 5.32 Å². The van der Waals surface area contributed by atoms with Crippen molar-refractivity contribution in [3.8, 4) is 0 Å². The van der Waals surface area contributed by atoms with E-state index in [1.807, 2.05) is 6.07 Å². The average molecular weight is 225 g/mol. The Kier molecular flexibility index (Phi) is 3.74. The molecule has 2 rings (SSSR count). The molecule has 1 aromatic rings. The summed E-state index contributed by atoms with van der Waals surface area (Å²) in [5.74, 6) is -0.183. The van der Waals surface area contributed by atoms with Gasteiger partial charge in [0.1, 0.15) is 12.6 Å². The molecule has 3 nitrogen and oxygen atoms in total. The Morgan fingerprint density at radius 2 is 2.38 bits per heavy atom. The fraction of sp³-hybridized carbons (Fsp3) is 0.500. The normalized spacial score (nSPS) is 20.8. The van der Waals surface area contributed by atoms with E-state index in [0.717, 1.165) is 18.7 Å². The largest absolute Gasteiger partial charge is 0.382 e. The molecule has 0 amide bonds. The topological polar surface area (TPSA) is 30.5 Å². The Labute approximate surface area is 94.6 Å². The highest BCUT2D eigenvalue weighted by Gasteiger charge is 2.14. The van der Waals surface area contributed by atoms with Gasteiger partial charge in [-0.3, -0.25) is 0 Å². The third-order valence-corrected chi connectivity index (χ3v) is 2.76. The number of hydrogen-bond donors (Lipinski definition) is 1. The lowest BCUT2D eigenvalue weighted by molar-refractivity contribution is -0.133. The maximum atomic E-state index is 13.3. The first-order valence-corrected chi connectivity index (χ1v) is 5.45. The number of anilines is 1. The van der Waals surface area contributed by atoms with Crippen molar-refractivity contribution in [2.24, 2.45) is 0 Å². The molecule has 1 aliphatic heterocycles. The van der Waals surface area contributed by atoms with Crippen LogP contribution in [-0.2, 0) is 9.47 Å². The molecule has 0 radical (unpaired) electrons. The molecule has 1 heterocycles. The van der Waals surface area contributed by atoms with E-state index in [-0.39, 0.29) is 11.9 Å². The van der Waals surface area contributed by atoms with Crippen LogP contribution in [0.15, 0.2) is 18.2 Å². The van der Waals surface area contributed by atoms with Gasteiger partial charge in [0.25, 0.3) is 0 Å². The summed E-state index contributed by atoms with van der Waals surface area (Å²) in [5.41, 5.74) is 1.48. The summed E-state index contributed by atoms with van der Waals surface area (Å²) in [7, 11) is 0. The van der Waals surface area contributed by atoms with Gasteiger partial charge in [0, 0.05) is 17.8 Å². The molecule has 1 aromatic carbocycles. The van der Waals surface area contributed by atoms with E-state index in [1.54, 1.807) is 13.0 Å². The van der Waals surface area contributed by atoms with Gasteiger partial charge in [-0.05, 0) is 25.5 Å². The Hall–Kier alpha value is -1.13. The lowest BCUT2D eigenvalue weighted by atomic mass is 10.1. The first-order chi connectivity index (χ1) is 7.77. The van der Waals surface area contributed by atoms with E-state index < -0.39 is 0 Å². The van der Waals surface area contributed by atoms with Gasteiger partial charge >= 0.3 is 0 Å². The van der Waals surface area contributed by atoms with Gasteiger partial charge in [-0.15, -0.1) is 0 Å². The van der Waals surface area contributed by atoms with Crippen molar-refractivity contribution in [2.75, 3.05) is 25.3 Å². The van der Waals surface area contributed by atoms with Crippen molar-refractivity contribution >= 4 is 5.69 Å². The van der Waals surface area contributed by atoms with Crippen molar-refractivity contribution in [3.05, 3.63) is 29.6 Å². The number of hydrogen-bond acceptors (Lipinski definition) is 3. The summed E-state index contributed by atoms with van der Waals surface area (Å²) < 4.78 is 23.7. The van der Waals surface area contributed by atoms with Crippen LogP contribution in [0.25, 0.3) is 0 Å². The zero-order valence-corrected chi connectivity index (χ0v) is 9.33. The van der Waals surface area contributed by atoms with Gasteiger partial charge in [0.05, 0.1) is 12.7 Å². The highest BCUT2D eigenvalue weighted by atomic mass is 19.1. The van der Waals surface area contributed by atoms with Crippen molar-refractivity contribution in [1.29, 1.82) is 0 Å². The molecule has 1 saturated heterocycles. The fourth-order valence-corrected chi connectivity index (χ4v) is 1.69. The highest BCUT2D eigenvalue weighted by Crippen LogP contribution is 2.18. The van der Waals surface area contributed by atoms with E-state index >= 15 is 0 Å². The number of nitrogens with one attached hydrogen (secondary N) is 1. The highest BCUT2D eigenvalue weighted by molar-refractivity contribution is 5.50. The van der Waals surface area contributed by atoms with Gasteiger partial charge in [-0.1, -0.05) is 6.07 Å². The van der Waals surface area contributed by atoms with Gasteiger partial charge in [-0.2, -0.15) is 0 Å². The van der Waals surface area contributed by atoms with Crippen LogP contribution in [0.3, 0.4) is 0 Å². The zero-order chi connectivity index (χ0) is 11.4. The minimum absolute atomic E-state index is 0.149. The van der Waals surface area contributed by atoms with Crippen LogP contribution in [0.2, 0.25) is 0 Å². The smallest absolute Gasteiger partial charge is 0.147 e. The minimum Gasteiger partial charge on any atom is -0.382 e. The van der Waals surface area contributed by atoms with Crippen molar-refractivity contribution in [3.63, 3.8) is 0 Å². The van der Waals surface area contributed by atoms with E-state index in [9.17, 15) is 4.39 Å². The first kappa shape index (κ1) is 11.4. The van der Waals surface area contributed by atoms with Crippen LogP contribution in [0, 0.1) is 12.7 Å². The summed E-state index contributed by atoms with van der Waals surface area (Å²) in [5, 5.41) is 3.20. The fourth-order valence-electron chi connectivity index (χ4n) is 1.69. The molecule has 0 spiro atoms. The second-order valence-corrected chi connectivity index (χ2v) is 3.90. The van der Waals surface area contributed by atoms with E-state index in [1.165, 1.54) is 6.07 Å².